The molecule has 1 aliphatic heterocycles. The number of carbonyl (C=O) groups excluding carboxylic acids is 2. The van der Waals surface area contributed by atoms with E-state index >= 15 is 0 Å². The third kappa shape index (κ3) is 4.46. The first-order valence-corrected chi connectivity index (χ1v) is 11.1. The molecule has 7 heteroatoms. The SMILES string of the molecule is CCOc1ccccc1C(=O)NCC(=O)N1CCC(c2nc3ccccc3s2)CC1. The van der Waals surface area contributed by atoms with E-state index in [-0.39, 0.29) is 18.4 Å². The number of likely N-dealkylation sites (tertiary alicyclic amines) is 1. The maximum Gasteiger partial charge on any atom is 0.255 e. The molecule has 6 nitrogen and oxygen atoms in total. The third-order valence-electron chi connectivity index (χ3n) is 5.34. The number of fused-ring (bicyclic) bond motifs is 1. The van der Waals surface area contributed by atoms with Gasteiger partial charge in [-0.1, -0.05) is 24.3 Å². The van der Waals surface area contributed by atoms with E-state index in [2.05, 4.69) is 11.4 Å². The summed E-state index contributed by atoms with van der Waals surface area (Å²) < 4.78 is 6.71. The average Bonchev–Trinajstić information content (AvgIpc) is 3.22. The zero-order chi connectivity index (χ0) is 20.9. The van der Waals surface area contributed by atoms with Crippen LogP contribution in [0.1, 0.15) is 41.0 Å². The molecule has 3 aromatic rings. The lowest BCUT2D eigenvalue weighted by Crippen LogP contribution is -2.43. The monoisotopic (exact) mass is 423 g/mol. The van der Waals surface area contributed by atoms with Gasteiger partial charge in [0.1, 0.15) is 5.75 Å². The molecule has 4 rings (SSSR count). The van der Waals surface area contributed by atoms with Crippen LogP contribution in [0.3, 0.4) is 0 Å². The molecule has 0 radical (unpaired) electrons. The van der Waals surface area contributed by atoms with Crippen LogP contribution in [0, 0.1) is 0 Å². The molecule has 0 spiro atoms. The quantitative estimate of drug-likeness (QED) is 0.654. The van der Waals surface area contributed by atoms with Gasteiger partial charge in [-0.25, -0.2) is 4.98 Å². The Labute approximate surface area is 179 Å². The Morgan fingerprint density at radius 1 is 1.13 bits per heavy atom. The molecular weight excluding hydrogens is 398 g/mol. The number of nitrogens with one attached hydrogen (secondary N) is 1. The van der Waals surface area contributed by atoms with Crippen molar-refractivity contribution in [2.24, 2.45) is 0 Å². The highest BCUT2D eigenvalue weighted by molar-refractivity contribution is 7.18. The van der Waals surface area contributed by atoms with Crippen molar-refractivity contribution in [3.63, 3.8) is 0 Å². The number of amides is 2. The van der Waals surface area contributed by atoms with Gasteiger partial charge >= 0.3 is 0 Å². The van der Waals surface area contributed by atoms with E-state index in [0.717, 1.165) is 23.4 Å². The van der Waals surface area contributed by atoms with Gasteiger partial charge in [-0.15, -0.1) is 11.3 Å². The van der Waals surface area contributed by atoms with Crippen LogP contribution < -0.4 is 10.1 Å². The molecule has 156 valence electrons. The minimum atomic E-state index is -0.295. The number of thiazole rings is 1. The van der Waals surface area contributed by atoms with Crippen LogP contribution in [0.15, 0.2) is 48.5 Å². The molecule has 1 N–H and O–H groups in total. The molecule has 1 aliphatic rings. The van der Waals surface area contributed by atoms with Crippen LogP contribution >= 0.6 is 11.3 Å². The first-order chi connectivity index (χ1) is 14.7. The number of hydrogen-bond donors (Lipinski definition) is 1. The van der Waals surface area contributed by atoms with Crippen molar-refractivity contribution in [2.45, 2.75) is 25.7 Å². The second-order valence-corrected chi connectivity index (χ2v) is 8.35. The summed E-state index contributed by atoms with van der Waals surface area (Å²) in [5.74, 6) is 0.567. The summed E-state index contributed by atoms with van der Waals surface area (Å²) in [6, 6.07) is 15.2. The van der Waals surface area contributed by atoms with Crippen molar-refractivity contribution in [3.05, 3.63) is 59.1 Å². The zero-order valence-electron chi connectivity index (χ0n) is 17.0. The minimum absolute atomic E-state index is 0.00883. The summed E-state index contributed by atoms with van der Waals surface area (Å²) in [5, 5.41) is 3.89. The molecule has 2 aromatic carbocycles. The third-order valence-corrected chi connectivity index (χ3v) is 6.54. The Morgan fingerprint density at radius 2 is 1.87 bits per heavy atom. The average molecular weight is 424 g/mol. The van der Waals surface area contributed by atoms with Gasteiger partial charge < -0.3 is 15.0 Å². The molecule has 1 aromatic heterocycles. The Balaban J connectivity index is 1.30. The van der Waals surface area contributed by atoms with E-state index in [1.54, 1.807) is 29.5 Å². The Morgan fingerprint density at radius 3 is 2.63 bits per heavy atom. The van der Waals surface area contributed by atoms with Gasteiger partial charge in [-0.05, 0) is 44.0 Å². The lowest BCUT2D eigenvalue weighted by atomic mass is 9.97. The molecule has 0 unspecified atom stereocenters. The van der Waals surface area contributed by atoms with Gasteiger partial charge in [-0.3, -0.25) is 9.59 Å². The standard InChI is InChI=1S/C23H25N3O3S/c1-2-29-19-9-5-3-7-17(19)22(28)24-15-21(27)26-13-11-16(12-14-26)23-25-18-8-4-6-10-20(18)30-23/h3-10,16H,2,11-15H2,1H3,(H,24,28). The molecule has 1 fully saturated rings. The number of piperidine rings is 1. The number of carbonyl (C=O) groups is 2. The minimum Gasteiger partial charge on any atom is -0.493 e. The molecule has 0 aliphatic carbocycles. The Kier molecular flexibility index (Phi) is 6.28. The van der Waals surface area contributed by atoms with Crippen LogP contribution in [-0.2, 0) is 4.79 Å². The number of para-hydroxylation sites is 2. The predicted octanol–water partition coefficient (Wildman–Crippen LogP) is 3.83. The number of aromatic nitrogens is 1. The number of nitrogens with zero attached hydrogens (tertiary/aromatic N) is 2. The van der Waals surface area contributed by atoms with E-state index in [9.17, 15) is 9.59 Å². The van der Waals surface area contributed by atoms with Gasteiger partial charge in [0, 0.05) is 19.0 Å². The normalized spacial score (nSPS) is 14.6. The van der Waals surface area contributed by atoms with E-state index < -0.39 is 0 Å². The smallest absolute Gasteiger partial charge is 0.255 e. The number of benzene rings is 2. The summed E-state index contributed by atoms with van der Waals surface area (Å²) in [7, 11) is 0. The van der Waals surface area contributed by atoms with Gasteiger partial charge in [-0.2, -0.15) is 0 Å². The highest BCUT2D eigenvalue weighted by atomic mass is 32.1. The van der Waals surface area contributed by atoms with E-state index in [4.69, 9.17) is 9.72 Å². The fraction of sp³-hybridized carbons (Fsp3) is 0.348. The first kappa shape index (κ1) is 20.3. The van der Waals surface area contributed by atoms with Gasteiger partial charge in [0.2, 0.25) is 5.91 Å². The maximum atomic E-state index is 12.6. The van der Waals surface area contributed by atoms with Crippen LogP contribution in [0.2, 0.25) is 0 Å². The Bertz CT molecular complexity index is 1010. The molecule has 1 saturated heterocycles. The topological polar surface area (TPSA) is 71.5 Å². The van der Waals surface area contributed by atoms with Crippen LogP contribution in [0.5, 0.6) is 5.75 Å². The highest BCUT2D eigenvalue weighted by Crippen LogP contribution is 2.33. The van der Waals surface area contributed by atoms with Crippen molar-refractivity contribution in [2.75, 3.05) is 26.2 Å². The molecule has 0 saturated carbocycles. The molecule has 2 amide bonds. The molecule has 2 heterocycles. The molecule has 0 atom stereocenters. The summed E-state index contributed by atoms with van der Waals surface area (Å²) >= 11 is 1.75. The lowest BCUT2D eigenvalue weighted by Gasteiger charge is -2.31. The van der Waals surface area contributed by atoms with Crippen molar-refractivity contribution < 1.29 is 14.3 Å². The number of ether oxygens (including phenoxy) is 1. The fourth-order valence-electron chi connectivity index (χ4n) is 3.74. The van der Waals surface area contributed by atoms with Gasteiger partial charge in [0.05, 0.1) is 33.9 Å². The van der Waals surface area contributed by atoms with Crippen LogP contribution in [0.4, 0.5) is 0 Å². The van der Waals surface area contributed by atoms with Crippen molar-refractivity contribution in [1.82, 2.24) is 15.2 Å². The van der Waals surface area contributed by atoms with Gasteiger partial charge in [0.25, 0.3) is 5.91 Å². The van der Waals surface area contributed by atoms with Crippen molar-refractivity contribution in [3.8, 4) is 5.75 Å². The summed E-state index contributed by atoms with van der Waals surface area (Å²) in [4.78, 5) is 31.7. The highest BCUT2D eigenvalue weighted by Gasteiger charge is 2.26. The lowest BCUT2D eigenvalue weighted by molar-refractivity contribution is -0.131. The molecule has 30 heavy (non-hydrogen) atoms. The van der Waals surface area contributed by atoms with E-state index in [1.165, 1.54) is 4.70 Å². The first-order valence-electron chi connectivity index (χ1n) is 10.3. The fourth-order valence-corrected chi connectivity index (χ4v) is 4.88. The summed E-state index contributed by atoms with van der Waals surface area (Å²) in [6.07, 6.45) is 1.79. The van der Waals surface area contributed by atoms with E-state index in [1.807, 2.05) is 36.1 Å². The predicted molar refractivity (Wildman–Crippen MR) is 118 cm³/mol. The second-order valence-electron chi connectivity index (χ2n) is 7.29. The van der Waals surface area contributed by atoms with Crippen LogP contribution in [0.25, 0.3) is 10.2 Å². The van der Waals surface area contributed by atoms with Crippen molar-refractivity contribution >= 4 is 33.4 Å². The largest absolute Gasteiger partial charge is 0.493 e. The summed E-state index contributed by atoms with van der Waals surface area (Å²) in [5.41, 5.74) is 1.49. The van der Waals surface area contributed by atoms with Crippen LogP contribution in [-0.4, -0.2) is 47.9 Å². The van der Waals surface area contributed by atoms with Gasteiger partial charge in [0.15, 0.2) is 0 Å². The zero-order valence-corrected chi connectivity index (χ0v) is 17.8. The Hall–Kier alpha value is -2.93. The number of rotatable bonds is 6. The maximum absolute atomic E-state index is 12.6. The summed E-state index contributed by atoms with van der Waals surface area (Å²) in [6.45, 7) is 3.71. The second kappa shape index (κ2) is 9.26. The number of hydrogen-bond acceptors (Lipinski definition) is 5. The van der Waals surface area contributed by atoms with E-state index in [0.29, 0.717) is 36.9 Å². The molecular formula is C23H25N3O3S. The van der Waals surface area contributed by atoms with Crippen molar-refractivity contribution in [1.29, 1.82) is 0 Å². The molecule has 0 bridgehead atoms.